The van der Waals surface area contributed by atoms with Gasteiger partial charge in [-0.15, -0.1) is 0 Å². The monoisotopic (exact) mass is 853 g/mol. The third-order valence-electron chi connectivity index (χ3n) is 13.4. The SMILES string of the molecule is O=C1CCC(N2C(=O)c3cccc(NCC4CCN(C(=O)[C@H]5CC[C@H](n6cc(NC(=O)c7cnn8ccc(N9C[C@H]%10C[C@@H]9CO%10)nc78)c(C(F)F)n6)CC5)CC4)c3C2=O)C(=O)N1. The van der Waals surface area contributed by atoms with Crippen LogP contribution in [-0.4, -0.2) is 121 Å². The number of hydrogen-bond acceptors (Lipinski definition) is 12. The first-order valence-electron chi connectivity index (χ1n) is 21.3. The van der Waals surface area contributed by atoms with Crippen molar-refractivity contribution >= 4 is 58.3 Å². The minimum atomic E-state index is -2.93. The Bertz CT molecular complexity index is 2490. The van der Waals surface area contributed by atoms with Crippen LogP contribution in [0.3, 0.4) is 0 Å². The van der Waals surface area contributed by atoms with Crippen LogP contribution in [0.2, 0.25) is 0 Å². The third kappa shape index (κ3) is 7.12. The molecule has 0 spiro atoms. The number of aromatic nitrogens is 5. The van der Waals surface area contributed by atoms with Gasteiger partial charge in [0.15, 0.2) is 11.3 Å². The number of imide groups is 2. The number of halogens is 2. The molecule has 18 nitrogen and oxygen atoms in total. The van der Waals surface area contributed by atoms with Crippen LogP contribution in [-0.2, 0) is 19.1 Å². The Balaban J connectivity index is 0.720. The quantitative estimate of drug-likeness (QED) is 0.196. The number of anilines is 3. The molecular weight excluding hydrogens is 809 g/mol. The largest absolute Gasteiger partial charge is 0.384 e. The molecule has 8 heterocycles. The highest BCUT2D eigenvalue weighted by Crippen LogP contribution is 2.38. The number of hydrogen-bond donors (Lipinski definition) is 3. The lowest BCUT2D eigenvalue weighted by Crippen LogP contribution is -2.54. The number of nitrogens with one attached hydrogen (secondary N) is 3. The summed E-state index contributed by atoms with van der Waals surface area (Å²) < 4.78 is 37.3. The summed E-state index contributed by atoms with van der Waals surface area (Å²) in [6.07, 6.45) is 6.53. The fraction of sp³-hybridized carbons (Fsp3) is 0.500. The Labute approximate surface area is 353 Å². The van der Waals surface area contributed by atoms with Gasteiger partial charge < -0.3 is 25.2 Å². The summed E-state index contributed by atoms with van der Waals surface area (Å²) in [6.45, 7) is 2.98. The van der Waals surface area contributed by atoms with E-state index in [1.807, 2.05) is 11.0 Å². The molecule has 1 saturated carbocycles. The van der Waals surface area contributed by atoms with Gasteiger partial charge in [-0.1, -0.05) is 6.07 Å². The van der Waals surface area contributed by atoms with E-state index in [0.717, 1.165) is 24.2 Å². The summed E-state index contributed by atoms with van der Waals surface area (Å²) >= 11 is 0. The number of benzene rings is 1. The molecule has 1 aliphatic carbocycles. The molecule has 324 valence electrons. The summed E-state index contributed by atoms with van der Waals surface area (Å²) in [4.78, 5) is 87.8. The number of fused-ring (bicyclic) bond motifs is 4. The van der Waals surface area contributed by atoms with Crippen molar-refractivity contribution in [3.63, 3.8) is 0 Å². The molecule has 5 aliphatic heterocycles. The van der Waals surface area contributed by atoms with E-state index in [9.17, 15) is 37.5 Å². The second kappa shape index (κ2) is 15.9. The van der Waals surface area contributed by atoms with E-state index in [1.54, 1.807) is 24.4 Å². The van der Waals surface area contributed by atoms with Crippen LogP contribution in [0, 0.1) is 11.8 Å². The van der Waals surface area contributed by atoms with Gasteiger partial charge in [-0.25, -0.2) is 18.3 Å². The maximum Gasteiger partial charge on any atom is 0.284 e. The van der Waals surface area contributed by atoms with Crippen molar-refractivity contribution in [3.05, 3.63) is 65.2 Å². The zero-order chi connectivity index (χ0) is 42.8. The second-order valence-electron chi connectivity index (χ2n) is 17.1. The van der Waals surface area contributed by atoms with Crippen LogP contribution in [0.15, 0.2) is 42.9 Å². The van der Waals surface area contributed by atoms with E-state index < -0.39 is 47.7 Å². The number of amides is 6. The lowest BCUT2D eigenvalue weighted by atomic mass is 9.84. The molecule has 5 fully saturated rings. The van der Waals surface area contributed by atoms with Gasteiger partial charge in [0.1, 0.15) is 17.4 Å². The van der Waals surface area contributed by atoms with Gasteiger partial charge >= 0.3 is 0 Å². The minimum absolute atomic E-state index is 0.0409. The summed E-state index contributed by atoms with van der Waals surface area (Å²) in [7, 11) is 0. The van der Waals surface area contributed by atoms with Gasteiger partial charge in [0.2, 0.25) is 17.7 Å². The van der Waals surface area contributed by atoms with Gasteiger partial charge in [-0.2, -0.15) is 10.2 Å². The molecule has 1 aromatic carbocycles. The van der Waals surface area contributed by atoms with Crippen molar-refractivity contribution in [1.29, 1.82) is 0 Å². The molecule has 20 heteroatoms. The molecule has 6 aliphatic rings. The number of likely N-dealkylation sites (tertiary alicyclic amines) is 1. The highest BCUT2D eigenvalue weighted by Gasteiger charge is 2.46. The van der Waals surface area contributed by atoms with Crippen molar-refractivity contribution in [1.82, 2.24) is 39.5 Å². The zero-order valence-corrected chi connectivity index (χ0v) is 33.7. The smallest absolute Gasteiger partial charge is 0.284 e. The first kappa shape index (κ1) is 39.8. The molecular formula is C42H45F2N11O7. The average Bonchev–Trinajstić information content (AvgIpc) is 4.13. The van der Waals surface area contributed by atoms with Crippen molar-refractivity contribution in [2.75, 3.05) is 48.3 Å². The predicted molar refractivity (Wildman–Crippen MR) is 216 cm³/mol. The van der Waals surface area contributed by atoms with Crippen LogP contribution < -0.4 is 20.9 Å². The summed E-state index contributed by atoms with van der Waals surface area (Å²) in [5.41, 5.74) is 0.758. The standard InChI is InChI=1S/C42H45F2N11O7/c43-36(44)35-30(47-38(57)28-18-46-53-15-12-32(48-37(28)53)52-19-26-16-25(52)21-62-26)20-54(50-35)24-6-4-23(5-7-24)40(59)51-13-10-22(11-14-51)17-45-29-3-1-2-27-34(29)42(61)55(41(27)60)31-8-9-33(56)49-39(31)58/h1-3,12,15,18,20,22-26,31,36,45H,4-11,13-14,16-17,19,21H2,(H,47,57)(H,49,56,58)/t23-,24-,25-,26-,31?/m1/s1. The summed E-state index contributed by atoms with van der Waals surface area (Å²) in [6, 6.07) is 5.75. The highest BCUT2D eigenvalue weighted by atomic mass is 19.3. The predicted octanol–water partition coefficient (Wildman–Crippen LogP) is 3.58. The fourth-order valence-electron chi connectivity index (χ4n) is 10.0. The Hall–Kier alpha value is -6.31. The maximum atomic E-state index is 14.3. The van der Waals surface area contributed by atoms with Gasteiger partial charge in [0.25, 0.3) is 24.1 Å². The van der Waals surface area contributed by atoms with Crippen molar-refractivity contribution in [2.24, 2.45) is 11.8 Å². The maximum absolute atomic E-state index is 14.3. The molecule has 3 atom stereocenters. The molecule has 62 heavy (non-hydrogen) atoms. The Morgan fingerprint density at radius 3 is 2.48 bits per heavy atom. The fourth-order valence-corrected chi connectivity index (χ4v) is 10.0. The molecule has 6 amide bonds. The minimum Gasteiger partial charge on any atom is -0.384 e. The summed E-state index contributed by atoms with van der Waals surface area (Å²) in [5.74, 6) is -2.08. The van der Waals surface area contributed by atoms with Gasteiger partial charge in [-0.3, -0.25) is 43.7 Å². The number of piperidine rings is 2. The number of nitrogens with zero attached hydrogens (tertiary/aromatic N) is 8. The van der Waals surface area contributed by atoms with Crippen LogP contribution in [0.5, 0.6) is 0 Å². The van der Waals surface area contributed by atoms with Crippen LogP contribution in [0.4, 0.5) is 26.0 Å². The third-order valence-corrected chi connectivity index (χ3v) is 13.4. The van der Waals surface area contributed by atoms with Gasteiger partial charge in [-0.05, 0) is 75.5 Å². The first-order chi connectivity index (χ1) is 30.0. The molecule has 2 bridgehead atoms. The number of alkyl halides is 2. The van der Waals surface area contributed by atoms with Crippen LogP contribution in [0.1, 0.15) is 107 Å². The molecule has 4 saturated heterocycles. The molecule has 0 radical (unpaired) electrons. The van der Waals surface area contributed by atoms with Crippen LogP contribution >= 0.6 is 0 Å². The number of ether oxygens (including phenoxy) is 1. The van der Waals surface area contributed by atoms with Crippen molar-refractivity contribution in [3.8, 4) is 0 Å². The van der Waals surface area contributed by atoms with E-state index in [2.05, 4.69) is 31.0 Å². The van der Waals surface area contributed by atoms with E-state index in [1.165, 1.54) is 21.6 Å². The summed E-state index contributed by atoms with van der Waals surface area (Å²) in [5, 5.41) is 16.7. The van der Waals surface area contributed by atoms with E-state index in [-0.39, 0.29) is 71.2 Å². The topological polar surface area (TPSA) is 205 Å². The molecule has 1 unspecified atom stereocenters. The molecule has 4 aromatic rings. The van der Waals surface area contributed by atoms with E-state index in [4.69, 9.17) is 9.72 Å². The van der Waals surface area contributed by atoms with Crippen molar-refractivity contribution in [2.45, 2.75) is 88.4 Å². The highest BCUT2D eigenvalue weighted by molar-refractivity contribution is 6.25. The normalized spacial score (nSPS) is 25.3. The molecule has 10 rings (SSSR count). The Morgan fingerprint density at radius 1 is 0.952 bits per heavy atom. The number of morpholine rings is 1. The van der Waals surface area contributed by atoms with E-state index >= 15 is 0 Å². The second-order valence-corrected chi connectivity index (χ2v) is 17.1. The molecule has 3 aromatic heterocycles. The van der Waals surface area contributed by atoms with Gasteiger partial charge in [0, 0.05) is 56.6 Å². The van der Waals surface area contributed by atoms with Crippen molar-refractivity contribution < 1.29 is 42.3 Å². The number of rotatable bonds is 10. The first-order valence-corrected chi connectivity index (χ1v) is 21.3. The Morgan fingerprint density at radius 2 is 1.76 bits per heavy atom. The van der Waals surface area contributed by atoms with E-state index in [0.29, 0.717) is 75.6 Å². The average molecular weight is 854 g/mol. The van der Waals surface area contributed by atoms with Gasteiger partial charge in [0.05, 0.1) is 47.8 Å². The number of carbonyl (C=O) groups is 6. The Kier molecular flexibility index (Phi) is 10.2. The van der Waals surface area contributed by atoms with Crippen LogP contribution in [0.25, 0.3) is 5.65 Å². The zero-order valence-electron chi connectivity index (χ0n) is 33.7. The number of carbonyl (C=O) groups excluding carboxylic acids is 6. The lowest BCUT2D eigenvalue weighted by Gasteiger charge is -2.36. The lowest BCUT2D eigenvalue weighted by molar-refractivity contribution is -0.138. The molecule has 3 N–H and O–H groups in total.